The maximum atomic E-state index is 12.8. The summed E-state index contributed by atoms with van der Waals surface area (Å²) in [5, 5.41) is 2.01. The van der Waals surface area contributed by atoms with Crippen LogP contribution in [0.15, 0.2) is 40.1 Å². The lowest BCUT2D eigenvalue weighted by molar-refractivity contribution is -0.0437. The molecule has 0 fully saturated rings. The van der Waals surface area contributed by atoms with Gasteiger partial charge in [-0.25, -0.2) is 36.3 Å². The van der Waals surface area contributed by atoms with Crippen LogP contribution in [0.5, 0.6) is 0 Å². The average Bonchev–Trinajstić information content (AvgIpc) is 2.52. The number of hydrogen-bond acceptors (Lipinski definition) is 7. The molecule has 2 aromatic rings. The number of amides is 2. The quantitative estimate of drug-likeness (QED) is 0.744. The number of rotatable bonds is 4. The lowest BCUT2D eigenvalue weighted by atomic mass is 10.4. The van der Waals surface area contributed by atoms with Crippen molar-refractivity contribution in [2.45, 2.75) is 29.1 Å². The number of carbonyl (C=O) groups excluding carboxylic acids is 1. The van der Waals surface area contributed by atoms with Gasteiger partial charge in [0.15, 0.2) is 0 Å². The van der Waals surface area contributed by atoms with E-state index in [4.69, 9.17) is 0 Å². The molecule has 0 radical (unpaired) electrons. The molecule has 1 aromatic heterocycles. The molecule has 2 rings (SSSR count). The van der Waals surface area contributed by atoms with Gasteiger partial charge in [0.2, 0.25) is 5.95 Å². The number of nitrogens with one attached hydrogen (secondary N) is 2. The van der Waals surface area contributed by atoms with Gasteiger partial charge in [-0.1, -0.05) is 12.1 Å². The van der Waals surface area contributed by atoms with Gasteiger partial charge in [0.05, 0.1) is 4.90 Å². The molecule has 0 spiro atoms. The van der Waals surface area contributed by atoms with E-state index in [9.17, 15) is 34.8 Å². The van der Waals surface area contributed by atoms with Gasteiger partial charge in [0.1, 0.15) is 4.90 Å². The predicted octanol–water partition coefficient (Wildman–Crippen LogP) is 1.90. The first-order valence-corrected chi connectivity index (χ1v) is 10.3. The zero-order valence-electron chi connectivity index (χ0n) is 14.3. The van der Waals surface area contributed by atoms with Crippen molar-refractivity contribution in [1.29, 1.82) is 0 Å². The fraction of sp³-hybridized carbons (Fsp3) is 0.214. The molecule has 14 heteroatoms. The van der Waals surface area contributed by atoms with Crippen LogP contribution in [0, 0.1) is 13.8 Å². The van der Waals surface area contributed by atoms with E-state index in [2.05, 4.69) is 9.97 Å². The van der Waals surface area contributed by atoms with Crippen LogP contribution >= 0.6 is 0 Å². The lowest BCUT2D eigenvalue weighted by Gasteiger charge is -2.13. The van der Waals surface area contributed by atoms with Gasteiger partial charge < -0.3 is 0 Å². The van der Waals surface area contributed by atoms with Crippen LogP contribution in [0.4, 0.5) is 23.9 Å². The van der Waals surface area contributed by atoms with Gasteiger partial charge in [-0.3, -0.25) is 5.32 Å². The molecule has 1 aromatic carbocycles. The molecular formula is C14H13F3N4O5S2. The van der Waals surface area contributed by atoms with E-state index in [1.165, 1.54) is 4.72 Å². The van der Waals surface area contributed by atoms with Gasteiger partial charge in [0, 0.05) is 11.4 Å². The zero-order valence-corrected chi connectivity index (χ0v) is 15.9. The largest absolute Gasteiger partial charge is 0.501 e. The highest BCUT2D eigenvalue weighted by Crippen LogP contribution is 2.33. The number of urea groups is 1. The standard InChI is InChI=1S/C14H13F3N4O5S2/c1-8-7-9(2)19-12(18-8)20-13(22)21-28(25,26)11-6-4-3-5-10(11)27(23,24)14(15,16)17/h3-7H,1-2H3,(H2,18,19,20,21,22). The fourth-order valence-corrected chi connectivity index (χ4v) is 4.60. The number of hydrogen-bond donors (Lipinski definition) is 2. The number of anilines is 1. The molecule has 2 amide bonds. The average molecular weight is 438 g/mol. The summed E-state index contributed by atoms with van der Waals surface area (Å²) in [7, 11) is -10.9. The molecule has 28 heavy (non-hydrogen) atoms. The number of alkyl halides is 3. The van der Waals surface area contributed by atoms with E-state index in [0.29, 0.717) is 23.5 Å². The molecule has 152 valence electrons. The maximum Gasteiger partial charge on any atom is 0.501 e. The Bertz CT molecular complexity index is 1110. The topological polar surface area (TPSA) is 135 Å². The van der Waals surface area contributed by atoms with Gasteiger partial charge in [-0.15, -0.1) is 0 Å². The van der Waals surface area contributed by atoms with Crippen LogP contribution < -0.4 is 10.0 Å². The summed E-state index contributed by atoms with van der Waals surface area (Å²) in [6.45, 7) is 3.18. The van der Waals surface area contributed by atoms with E-state index in [1.807, 2.05) is 5.32 Å². The van der Waals surface area contributed by atoms with Gasteiger partial charge >= 0.3 is 11.5 Å². The summed E-state index contributed by atoms with van der Waals surface area (Å²) in [5.74, 6) is -0.249. The van der Waals surface area contributed by atoms with Gasteiger partial charge in [0.25, 0.3) is 19.9 Å². The second-order valence-electron chi connectivity index (χ2n) is 5.43. The zero-order chi connectivity index (χ0) is 21.3. The third-order valence-electron chi connectivity index (χ3n) is 3.17. The van der Waals surface area contributed by atoms with E-state index < -0.39 is 41.2 Å². The Morgan fingerprint density at radius 3 is 1.96 bits per heavy atom. The summed E-state index contributed by atoms with van der Waals surface area (Å²) < 4.78 is 87.8. The number of aromatic nitrogens is 2. The Morgan fingerprint density at radius 1 is 0.964 bits per heavy atom. The second kappa shape index (κ2) is 7.35. The Kier molecular flexibility index (Phi) is 5.66. The number of nitrogens with zero attached hydrogens (tertiary/aromatic N) is 2. The predicted molar refractivity (Wildman–Crippen MR) is 90.5 cm³/mol. The fourth-order valence-electron chi connectivity index (χ4n) is 2.10. The number of aryl methyl sites for hydroxylation is 2. The number of sulfone groups is 1. The monoisotopic (exact) mass is 438 g/mol. The molecule has 0 aliphatic rings. The number of carbonyl (C=O) groups is 1. The Balaban J connectivity index is 2.37. The van der Waals surface area contributed by atoms with E-state index in [1.54, 1.807) is 19.9 Å². The normalized spacial score (nSPS) is 12.5. The third-order valence-corrected chi connectivity index (χ3v) is 6.23. The first-order valence-electron chi connectivity index (χ1n) is 7.30. The number of sulfonamides is 1. The summed E-state index contributed by atoms with van der Waals surface area (Å²) in [4.78, 5) is 16.9. The van der Waals surface area contributed by atoms with Crippen molar-refractivity contribution in [3.05, 3.63) is 41.7 Å². The van der Waals surface area contributed by atoms with Gasteiger partial charge in [-0.2, -0.15) is 13.2 Å². The van der Waals surface area contributed by atoms with Crippen LogP contribution in [0.2, 0.25) is 0 Å². The summed E-state index contributed by atoms with van der Waals surface area (Å²) >= 11 is 0. The molecule has 0 aliphatic carbocycles. The van der Waals surface area contributed by atoms with E-state index in [0.717, 1.165) is 12.1 Å². The molecule has 0 saturated heterocycles. The Morgan fingerprint density at radius 2 is 1.46 bits per heavy atom. The van der Waals surface area contributed by atoms with Crippen molar-refractivity contribution in [1.82, 2.24) is 14.7 Å². The summed E-state index contributed by atoms with van der Waals surface area (Å²) in [6, 6.07) is 3.22. The number of benzene rings is 1. The van der Waals surface area contributed by atoms with Crippen molar-refractivity contribution in [2.24, 2.45) is 0 Å². The van der Waals surface area contributed by atoms with Crippen molar-refractivity contribution in [3.63, 3.8) is 0 Å². The smallest absolute Gasteiger partial charge is 0.275 e. The third kappa shape index (κ3) is 4.56. The van der Waals surface area contributed by atoms with Gasteiger partial charge in [-0.05, 0) is 32.0 Å². The molecule has 9 nitrogen and oxygen atoms in total. The molecule has 2 N–H and O–H groups in total. The highest BCUT2D eigenvalue weighted by Gasteiger charge is 2.49. The molecule has 0 unspecified atom stereocenters. The van der Waals surface area contributed by atoms with Crippen LogP contribution in [0.1, 0.15) is 11.4 Å². The van der Waals surface area contributed by atoms with Crippen LogP contribution in [0.25, 0.3) is 0 Å². The molecule has 0 atom stereocenters. The highest BCUT2D eigenvalue weighted by molar-refractivity contribution is 7.94. The maximum absolute atomic E-state index is 12.8. The minimum atomic E-state index is -5.97. The van der Waals surface area contributed by atoms with Crippen molar-refractivity contribution in [3.8, 4) is 0 Å². The van der Waals surface area contributed by atoms with E-state index >= 15 is 0 Å². The molecule has 1 heterocycles. The lowest BCUT2D eigenvalue weighted by Crippen LogP contribution is -2.36. The van der Waals surface area contributed by atoms with Crippen LogP contribution in [-0.2, 0) is 19.9 Å². The first-order chi connectivity index (χ1) is 12.7. The molecule has 0 aliphatic heterocycles. The Labute approximate surface area is 158 Å². The minimum absolute atomic E-state index is 0.249. The molecular weight excluding hydrogens is 425 g/mol. The van der Waals surface area contributed by atoms with Crippen LogP contribution in [-0.4, -0.2) is 38.3 Å². The molecule has 0 saturated carbocycles. The minimum Gasteiger partial charge on any atom is -0.275 e. The molecule has 0 bridgehead atoms. The van der Waals surface area contributed by atoms with Crippen LogP contribution in [0.3, 0.4) is 0 Å². The Hall–Kier alpha value is -2.74. The summed E-state index contributed by atoms with van der Waals surface area (Å²) in [5.41, 5.74) is -4.80. The second-order valence-corrected chi connectivity index (χ2v) is 8.99. The van der Waals surface area contributed by atoms with E-state index in [-0.39, 0.29) is 5.95 Å². The van der Waals surface area contributed by atoms with Crippen molar-refractivity contribution < 1.29 is 34.8 Å². The summed E-state index contributed by atoms with van der Waals surface area (Å²) in [6.07, 6.45) is 0. The highest BCUT2D eigenvalue weighted by atomic mass is 32.2. The first kappa shape index (κ1) is 21.6. The number of halogens is 3. The SMILES string of the molecule is Cc1cc(C)nc(NC(=O)NS(=O)(=O)c2ccccc2S(=O)(=O)C(F)(F)F)n1. The van der Waals surface area contributed by atoms with Crippen molar-refractivity contribution in [2.75, 3.05) is 5.32 Å². The van der Waals surface area contributed by atoms with Crippen molar-refractivity contribution >= 4 is 31.8 Å².